The number of amides is 2. The van der Waals surface area contributed by atoms with Crippen LogP contribution in [0, 0.1) is 5.41 Å². The molecule has 2 amide bonds. The molecule has 2 unspecified atom stereocenters. The number of rotatable bonds is 16. The van der Waals surface area contributed by atoms with Crippen molar-refractivity contribution in [3.05, 3.63) is 215 Å². The summed E-state index contributed by atoms with van der Waals surface area (Å²) in [6.45, 7) is 3.04. The van der Waals surface area contributed by atoms with E-state index in [0.29, 0.717) is 56.4 Å². The van der Waals surface area contributed by atoms with Gasteiger partial charge in [-0.15, -0.1) is 0 Å². The second-order valence-corrected chi connectivity index (χ2v) is 16.9. The third-order valence-corrected chi connectivity index (χ3v) is 12.9. The first kappa shape index (κ1) is 45.9. The Balaban J connectivity index is 1.32. The Morgan fingerprint density at radius 2 is 0.672 bits per heavy atom. The Morgan fingerprint density at radius 1 is 0.403 bits per heavy atom. The highest BCUT2D eigenvalue weighted by Crippen LogP contribution is 2.51. The van der Waals surface area contributed by atoms with Gasteiger partial charge < -0.3 is 39.8 Å². The van der Waals surface area contributed by atoms with Gasteiger partial charge in [0.25, 0.3) is 0 Å². The molecular formula is C57H54N2O8. The van der Waals surface area contributed by atoms with Crippen LogP contribution in [-0.4, -0.2) is 50.5 Å². The molecule has 8 rings (SSSR count). The number of hydrogen-bond donors (Lipinski definition) is 4. The van der Waals surface area contributed by atoms with E-state index in [0.717, 1.165) is 21.5 Å². The molecule has 0 spiro atoms. The first-order valence-electron chi connectivity index (χ1n) is 22.0. The molecule has 0 fully saturated rings. The number of methoxy groups -OCH3 is 4. The van der Waals surface area contributed by atoms with E-state index in [-0.39, 0.29) is 0 Å². The summed E-state index contributed by atoms with van der Waals surface area (Å²) in [6.07, 6.45) is 0. The van der Waals surface area contributed by atoms with Crippen LogP contribution in [0.2, 0.25) is 0 Å². The van der Waals surface area contributed by atoms with E-state index in [1.807, 2.05) is 84.9 Å². The van der Waals surface area contributed by atoms with Crippen molar-refractivity contribution in [3.63, 3.8) is 0 Å². The second kappa shape index (κ2) is 19.1. The van der Waals surface area contributed by atoms with Crippen LogP contribution in [0.1, 0.15) is 59.3 Å². The largest absolute Gasteiger partial charge is 0.496 e. The average molecular weight is 895 g/mol. The number of nitrogens with one attached hydrogen (secondary N) is 2. The fraction of sp³-hybridized carbons (Fsp3) is 0.193. The molecule has 0 heterocycles. The maximum absolute atomic E-state index is 15.5. The minimum Gasteiger partial charge on any atom is -0.496 e. The molecule has 0 bridgehead atoms. The number of fused-ring (bicyclic) bond motifs is 2. The van der Waals surface area contributed by atoms with E-state index < -0.39 is 40.5 Å². The van der Waals surface area contributed by atoms with Crippen LogP contribution in [-0.2, 0) is 20.8 Å². The molecule has 67 heavy (non-hydrogen) atoms. The summed E-state index contributed by atoms with van der Waals surface area (Å²) in [6, 6.07) is 52.5. The van der Waals surface area contributed by atoms with Crippen molar-refractivity contribution in [2.75, 3.05) is 28.4 Å². The highest BCUT2D eigenvalue weighted by atomic mass is 16.5. The van der Waals surface area contributed by atoms with Gasteiger partial charge in [0.15, 0.2) is 0 Å². The number of carbonyl (C=O) groups is 2. The number of hydrogen-bond acceptors (Lipinski definition) is 8. The molecule has 0 radical (unpaired) electrons. The van der Waals surface area contributed by atoms with Gasteiger partial charge in [-0.1, -0.05) is 158 Å². The third kappa shape index (κ3) is 8.19. The Morgan fingerprint density at radius 3 is 0.985 bits per heavy atom. The first-order valence-corrected chi connectivity index (χ1v) is 22.0. The van der Waals surface area contributed by atoms with Crippen LogP contribution in [0.15, 0.2) is 182 Å². The predicted octanol–water partition coefficient (Wildman–Crippen LogP) is 9.94. The summed E-state index contributed by atoms with van der Waals surface area (Å²) < 4.78 is 23.6. The molecule has 4 N–H and O–H groups in total. The Labute approximate surface area is 390 Å². The lowest BCUT2D eigenvalue weighted by Gasteiger charge is -2.42. The summed E-state index contributed by atoms with van der Waals surface area (Å²) in [7, 11) is 6.07. The van der Waals surface area contributed by atoms with Gasteiger partial charge in [0.2, 0.25) is 11.8 Å². The number of ether oxygens (including phenoxy) is 4. The van der Waals surface area contributed by atoms with Gasteiger partial charge in [0, 0.05) is 22.3 Å². The number of aliphatic hydroxyl groups is 2. The highest BCUT2D eigenvalue weighted by Gasteiger charge is 2.51. The standard InChI is InChI=1S/C57H54N2O8/c1-55(2,53(60)58-51(41-27-19-23-37-21-7-9-25-39(37)41)56(62,43-29-11-15-33-47(43)64-3)44-30-12-16-34-48(44)65-4)54(61)59-52(42-28-20-24-38-22-8-10-26-40(38)42)57(63,45-31-13-17-35-49(45)66-5)46-32-14-18-36-50(46)67-6/h7-36,51-52,62-63H,1-6H3,(H,58,60)(H,59,61). The first-order chi connectivity index (χ1) is 32.4. The highest BCUT2D eigenvalue weighted by molar-refractivity contribution is 6.05. The van der Waals surface area contributed by atoms with Gasteiger partial charge in [0.05, 0.1) is 40.5 Å². The van der Waals surface area contributed by atoms with E-state index in [1.165, 1.54) is 42.3 Å². The molecule has 0 saturated carbocycles. The number of para-hydroxylation sites is 4. The molecule has 2 atom stereocenters. The predicted molar refractivity (Wildman–Crippen MR) is 261 cm³/mol. The third-order valence-electron chi connectivity index (χ3n) is 12.9. The normalized spacial score (nSPS) is 12.8. The fourth-order valence-electron chi connectivity index (χ4n) is 9.30. The van der Waals surface area contributed by atoms with E-state index in [4.69, 9.17) is 18.9 Å². The molecule has 0 aliphatic rings. The molecule has 10 heteroatoms. The van der Waals surface area contributed by atoms with Crippen LogP contribution >= 0.6 is 0 Å². The van der Waals surface area contributed by atoms with E-state index >= 15 is 9.59 Å². The van der Waals surface area contributed by atoms with Crippen molar-refractivity contribution in [2.24, 2.45) is 5.41 Å². The average Bonchev–Trinajstić information content (AvgIpc) is 3.38. The quantitative estimate of drug-likeness (QED) is 0.0705. The molecule has 0 saturated heterocycles. The molecule has 0 aliphatic carbocycles. The fourth-order valence-corrected chi connectivity index (χ4v) is 9.30. The van der Waals surface area contributed by atoms with Crippen LogP contribution in [0.3, 0.4) is 0 Å². The number of benzene rings is 8. The lowest BCUT2D eigenvalue weighted by molar-refractivity contribution is -0.144. The van der Waals surface area contributed by atoms with E-state index in [2.05, 4.69) is 10.6 Å². The molecule has 0 aliphatic heterocycles. The summed E-state index contributed by atoms with van der Waals surface area (Å²) >= 11 is 0. The molecule has 0 aromatic heterocycles. The van der Waals surface area contributed by atoms with Crippen LogP contribution in [0.5, 0.6) is 23.0 Å². The summed E-state index contributed by atoms with van der Waals surface area (Å²) in [5.41, 5.74) is -3.52. The molecule has 8 aromatic rings. The molecule has 8 aromatic carbocycles. The summed E-state index contributed by atoms with van der Waals surface area (Å²) in [4.78, 5) is 31.0. The van der Waals surface area contributed by atoms with E-state index in [1.54, 1.807) is 97.1 Å². The van der Waals surface area contributed by atoms with Crippen LogP contribution < -0.4 is 29.6 Å². The maximum Gasteiger partial charge on any atom is 0.235 e. The zero-order chi connectivity index (χ0) is 47.3. The zero-order valence-electron chi connectivity index (χ0n) is 38.3. The van der Waals surface area contributed by atoms with Crippen molar-refractivity contribution in [1.29, 1.82) is 0 Å². The van der Waals surface area contributed by atoms with Gasteiger partial charge in [-0.25, -0.2) is 0 Å². The Kier molecular flexibility index (Phi) is 13.0. The van der Waals surface area contributed by atoms with Crippen molar-refractivity contribution >= 4 is 33.4 Å². The van der Waals surface area contributed by atoms with Gasteiger partial charge in [-0.3, -0.25) is 9.59 Å². The molecule has 10 nitrogen and oxygen atoms in total. The topological polar surface area (TPSA) is 136 Å². The minimum atomic E-state index is -2.08. The Bertz CT molecular complexity index is 2760. The summed E-state index contributed by atoms with van der Waals surface area (Å²) in [5.74, 6) is -0.00828. The van der Waals surface area contributed by atoms with Crippen molar-refractivity contribution < 1.29 is 38.7 Å². The van der Waals surface area contributed by atoms with Crippen molar-refractivity contribution in [1.82, 2.24) is 10.6 Å². The van der Waals surface area contributed by atoms with Gasteiger partial charge in [-0.2, -0.15) is 0 Å². The second-order valence-electron chi connectivity index (χ2n) is 16.9. The van der Waals surface area contributed by atoms with Crippen LogP contribution in [0.4, 0.5) is 0 Å². The van der Waals surface area contributed by atoms with Gasteiger partial charge in [0.1, 0.15) is 39.6 Å². The van der Waals surface area contributed by atoms with Gasteiger partial charge in [-0.05, 0) is 70.8 Å². The monoisotopic (exact) mass is 894 g/mol. The zero-order valence-corrected chi connectivity index (χ0v) is 38.3. The van der Waals surface area contributed by atoms with Crippen molar-refractivity contribution in [2.45, 2.75) is 37.1 Å². The number of carbonyl (C=O) groups excluding carboxylic acids is 2. The lowest BCUT2D eigenvalue weighted by atomic mass is 9.74. The van der Waals surface area contributed by atoms with E-state index in [9.17, 15) is 10.2 Å². The smallest absolute Gasteiger partial charge is 0.235 e. The maximum atomic E-state index is 15.5. The lowest BCUT2D eigenvalue weighted by Crippen LogP contribution is -2.55. The Hall–Kier alpha value is -7.66. The van der Waals surface area contributed by atoms with Crippen LogP contribution in [0.25, 0.3) is 21.5 Å². The van der Waals surface area contributed by atoms with Crippen molar-refractivity contribution in [3.8, 4) is 23.0 Å². The minimum absolute atomic E-state index is 0.345. The molecular weight excluding hydrogens is 841 g/mol. The SMILES string of the molecule is COc1ccccc1C(O)(c1ccccc1OC)C(NC(=O)C(C)(C)C(=O)NC(c1cccc2ccccc12)C(O)(c1ccccc1OC)c1ccccc1OC)c1cccc2ccccc12. The summed E-state index contributed by atoms with van der Waals surface area (Å²) in [5, 5.41) is 37.3. The molecule has 340 valence electrons. The van der Waals surface area contributed by atoms with Gasteiger partial charge >= 0.3 is 0 Å².